The fourth-order valence-corrected chi connectivity index (χ4v) is 2.99. The predicted octanol–water partition coefficient (Wildman–Crippen LogP) is 4.03. The van der Waals surface area contributed by atoms with Crippen LogP contribution in [-0.4, -0.2) is 32.8 Å². The molecule has 0 spiro atoms. The molecular weight excluding hydrogens is 368 g/mol. The lowest BCUT2D eigenvalue weighted by molar-refractivity contribution is 0.0733. The summed E-state index contributed by atoms with van der Waals surface area (Å²) in [5, 5.41) is 0.985. The van der Waals surface area contributed by atoms with Crippen LogP contribution in [0.3, 0.4) is 0 Å². The zero-order valence-electron chi connectivity index (χ0n) is 16.1. The molecule has 1 atom stereocenters. The van der Waals surface area contributed by atoms with Crippen molar-refractivity contribution in [3.05, 3.63) is 84.5 Å². The van der Waals surface area contributed by atoms with Crippen molar-refractivity contribution >= 4 is 16.8 Å². The number of carbonyl (C=O) groups excluding carboxylic acids is 1. The van der Waals surface area contributed by atoms with Gasteiger partial charge in [-0.15, -0.1) is 0 Å². The molecule has 4 rings (SSSR count). The number of benzene rings is 1. The van der Waals surface area contributed by atoms with Gasteiger partial charge in [-0.3, -0.25) is 14.8 Å². The first-order valence-corrected chi connectivity index (χ1v) is 9.22. The minimum Gasteiger partial charge on any atom is -0.482 e. The molecule has 7 heteroatoms. The summed E-state index contributed by atoms with van der Waals surface area (Å²) in [5.74, 6) is 0.709. The Morgan fingerprint density at radius 2 is 1.93 bits per heavy atom. The van der Waals surface area contributed by atoms with Crippen LogP contribution in [0.4, 0.5) is 0 Å². The molecule has 0 aliphatic carbocycles. The van der Waals surface area contributed by atoms with E-state index in [2.05, 4.69) is 15.0 Å². The van der Waals surface area contributed by atoms with Crippen LogP contribution in [0, 0.1) is 0 Å². The molecule has 146 valence electrons. The number of amides is 1. The Hall–Kier alpha value is -3.74. The molecule has 0 saturated carbocycles. The molecule has 29 heavy (non-hydrogen) atoms. The van der Waals surface area contributed by atoms with Gasteiger partial charge in [0, 0.05) is 24.8 Å². The summed E-state index contributed by atoms with van der Waals surface area (Å²) in [6.45, 7) is 2.01. The largest absolute Gasteiger partial charge is 0.482 e. The molecule has 0 radical (unpaired) electrons. The Labute approximate surface area is 168 Å². The third-order valence-corrected chi connectivity index (χ3v) is 4.73. The van der Waals surface area contributed by atoms with Crippen molar-refractivity contribution in [3.63, 3.8) is 0 Å². The third kappa shape index (κ3) is 3.94. The maximum absolute atomic E-state index is 12.7. The molecule has 0 aliphatic rings. The highest BCUT2D eigenvalue weighted by Gasteiger charge is 2.22. The standard InChI is InChI=1S/C22H20N4O3/c1-15(17-9-3-4-11-23-17)26(2)22(27)18-13-29-20(25-18)14-28-19-10-5-7-16-8-6-12-24-21(16)19/h3-13,15H,14H2,1-2H3/t15-/m1/s1. The summed E-state index contributed by atoms with van der Waals surface area (Å²) >= 11 is 0. The minimum atomic E-state index is -0.245. The molecule has 0 saturated heterocycles. The van der Waals surface area contributed by atoms with E-state index < -0.39 is 0 Å². The van der Waals surface area contributed by atoms with Crippen LogP contribution in [0.2, 0.25) is 0 Å². The number of rotatable bonds is 6. The van der Waals surface area contributed by atoms with Crippen LogP contribution in [0.5, 0.6) is 5.75 Å². The molecule has 7 nitrogen and oxygen atoms in total. The van der Waals surface area contributed by atoms with Crippen molar-refractivity contribution in [2.45, 2.75) is 19.6 Å². The molecule has 3 heterocycles. The van der Waals surface area contributed by atoms with Gasteiger partial charge in [-0.2, -0.15) is 0 Å². The maximum Gasteiger partial charge on any atom is 0.276 e. The Morgan fingerprint density at radius 1 is 1.10 bits per heavy atom. The zero-order valence-corrected chi connectivity index (χ0v) is 16.1. The van der Waals surface area contributed by atoms with Crippen molar-refractivity contribution in [1.82, 2.24) is 19.9 Å². The molecular formula is C22H20N4O3. The van der Waals surface area contributed by atoms with E-state index in [0.29, 0.717) is 11.6 Å². The Balaban J connectivity index is 1.44. The highest BCUT2D eigenvalue weighted by atomic mass is 16.5. The second-order valence-corrected chi connectivity index (χ2v) is 6.59. The Bertz CT molecular complexity index is 1120. The van der Waals surface area contributed by atoms with Crippen molar-refractivity contribution in [1.29, 1.82) is 0 Å². The van der Waals surface area contributed by atoms with Gasteiger partial charge in [0.15, 0.2) is 12.3 Å². The number of carbonyl (C=O) groups is 1. The van der Waals surface area contributed by atoms with Gasteiger partial charge in [-0.25, -0.2) is 4.98 Å². The first-order valence-electron chi connectivity index (χ1n) is 9.22. The highest BCUT2D eigenvalue weighted by molar-refractivity contribution is 5.92. The number of nitrogens with zero attached hydrogens (tertiary/aromatic N) is 4. The van der Waals surface area contributed by atoms with E-state index in [9.17, 15) is 4.79 Å². The van der Waals surface area contributed by atoms with Gasteiger partial charge in [-0.05, 0) is 31.2 Å². The molecule has 0 unspecified atom stereocenters. The smallest absolute Gasteiger partial charge is 0.276 e. The first-order chi connectivity index (χ1) is 14.1. The van der Waals surface area contributed by atoms with Gasteiger partial charge in [0.1, 0.15) is 17.5 Å². The summed E-state index contributed by atoms with van der Waals surface area (Å²) in [7, 11) is 1.72. The highest BCUT2D eigenvalue weighted by Crippen LogP contribution is 2.24. The van der Waals surface area contributed by atoms with E-state index in [-0.39, 0.29) is 24.2 Å². The second kappa shape index (κ2) is 8.10. The lowest BCUT2D eigenvalue weighted by atomic mass is 10.2. The number of fused-ring (bicyclic) bond motifs is 1. The minimum absolute atomic E-state index is 0.0997. The maximum atomic E-state index is 12.7. The Kier molecular flexibility index (Phi) is 5.20. The van der Waals surface area contributed by atoms with Crippen LogP contribution < -0.4 is 4.74 Å². The molecule has 1 aromatic carbocycles. The van der Waals surface area contributed by atoms with Crippen molar-refractivity contribution < 1.29 is 13.9 Å². The molecule has 0 aliphatic heterocycles. The quantitative estimate of drug-likeness (QED) is 0.496. The van der Waals surface area contributed by atoms with E-state index in [4.69, 9.17) is 9.15 Å². The lowest BCUT2D eigenvalue weighted by Crippen LogP contribution is -2.30. The first kappa shape index (κ1) is 18.6. The predicted molar refractivity (Wildman–Crippen MR) is 107 cm³/mol. The summed E-state index contributed by atoms with van der Waals surface area (Å²) < 4.78 is 11.3. The number of aromatic nitrogens is 3. The lowest BCUT2D eigenvalue weighted by Gasteiger charge is -2.23. The molecule has 0 bridgehead atoms. The van der Waals surface area contributed by atoms with Crippen molar-refractivity contribution in [2.24, 2.45) is 0 Å². The van der Waals surface area contributed by atoms with Crippen molar-refractivity contribution in [2.75, 3.05) is 7.05 Å². The van der Waals surface area contributed by atoms with E-state index in [1.165, 1.54) is 6.26 Å². The zero-order chi connectivity index (χ0) is 20.2. The third-order valence-electron chi connectivity index (χ3n) is 4.73. The fourth-order valence-electron chi connectivity index (χ4n) is 2.99. The average molecular weight is 388 g/mol. The van der Waals surface area contributed by atoms with Crippen LogP contribution >= 0.6 is 0 Å². The van der Waals surface area contributed by atoms with E-state index in [0.717, 1.165) is 16.6 Å². The van der Waals surface area contributed by atoms with Crippen LogP contribution in [0.1, 0.15) is 35.0 Å². The van der Waals surface area contributed by atoms with Gasteiger partial charge in [0.2, 0.25) is 5.89 Å². The van der Waals surface area contributed by atoms with Gasteiger partial charge >= 0.3 is 0 Å². The monoisotopic (exact) mass is 388 g/mol. The normalized spacial score (nSPS) is 11.9. The van der Waals surface area contributed by atoms with E-state index >= 15 is 0 Å². The summed E-state index contributed by atoms with van der Waals surface area (Å²) in [6, 6.07) is 15.0. The fraction of sp³-hybridized carbons (Fsp3) is 0.182. The summed E-state index contributed by atoms with van der Waals surface area (Å²) in [6.07, 6.45) is 4.78. The van der Waals surface area contributed by atoms with Crippen LogP contribution in [0.25, 0.3) is 10.9 Å². The van der Waals surface area contributed by atoms with E-state index in [1.54, 1.807) is 24.3 Å². The number of oxazole rings is 1. The molecule has 4 aromatic rings. The van der Waals surface area contributed by atoms with Crippen molar-refractivity contribution in [3.8, 4) is 5.75 Å². The van der Waals surface area contributed by atoms with Crippen LogP contribution in [0.15, 0.2) is 71.6 Å². The Morgan fingerprint density at radius 3 is 2.76 bits per heavy atom. The number of para-hydroxylation sites is 1. The molecule has 0 N–H and O–H groups in total. The van der Waals surface area contributed by atoms with Gasteiger partial charge in [0.05, 0.1) is 11.7 Å². The van der Waals surface area contributed by atoms with Crippen LogP contribution in [-0.2, 0) is 6.61 Å². The van der Waals surface area contributed by atoms with Gasteiger partial charge < -0.3 is 14.1 Å². The number of hydrogen-bond donors (Lipinski definition) is 0. The molecule has 3 aromatic heterocycles. The summed E-state index contributed by atoms with van der Waals surface area (Å²) in [5.41, 5.74) is 1.80. The topological polar surface area (TPSA) is 81.4 Å². The number of ether oxygens (including phenoxy) is 1. The number of pyridine rings is 2. The average Bonchev–Trinajstić information content (AvgIpc) is 3.25. The molecule has 1 amide bonds. The van der Waals surface area contributed by atoms with Gasteiger partial charge in [-0.1, -0.05) is 24.3 Å². The van der Waals surface area contributed by atoms with E-state index in [1.807, 2.05) is 55.5 Å². The molecule has 0 fully saturated rings. The summed E-state index contributed by atoms with van der Waals surface area (Å²) in [4.78, 5) is 27.3. The second-order valence-electron chi connectivity index (χ2n) is 6.59. The number of hydrogen-bond acceptors (Lipinski definition) is 6. The van der Waals surface area contributed by atoms with Gasteiger partial charge in [0.25, 0.3) is 5.91 Å². The SMILES string of the molecule is C[C@H](c1ccccn1)N(C)C(=O)c1coc(COc2cccc3cccnc23)n1.